The summed E-state index contributed by atoms with van der Waals surface area (Å²) >= 11 is 0. The Hall–Kier alpha value is -1.42. The van der Waals surface area contributed by atoms with Gasteiger partial charge in [0.2, 0.25) is 0 Å². The van der Waals surface area contributed by atoms with Crippen molar-refractivity contribution < 1.29 is 9.90 Å². The fourth-order valence-corrected chi connectivity index (χ4v) is 3.02. The van der Waals surface area contributed by atoms with Gasteiger partial charge in [0.15, 0.2) is 0 Å². The highest BCUT2D eigenvalue weighted by Gasteiger charge is 2.34. The van der Waals surface area contributed by atoms with Crippen LogP contribution < -0.4 is 0 Å². The molecule has 0 saturated carbocycles. The van der Waals surface area contributed by atoms with Crippen LogP contribution in [0.2, 0.25) is 0 Å². The van der Waals surface area contributed by atoms with Crippen LogP contribution in [0.25, 0.3) is 0 Å². The van der Waals surface area contributed by atoms with Crippen LogP contribution in [-0.2, 0) is 4.79 Å². The number of rotatable bonds is 4. The molecule has 1 aromatic heterocycles. The maximum Gasteiger partial charge on any atom is 0.320 e. The van der Waals surface area contributed by atoms with Gasteiger partial charge in [-0.2, -0.15) is 0 Å². The van der Waals surface area contributed by atoms with Gasteiger partial charge >= 0.3 is 5.97 Å². The molecule has 1 N–H and O–H groups in total. The molecule has 2 heterocycles. The summed E-state index contributed by atoms with van der Waals surface area (Å²) in [7, 11) is 0. The van der Waals surface area contributed by atoms with Crippen LogP contribution in [0.1, 0.15) is 49.9 Å². The van der Waals surface area contributed by atoms with Crippen LogP contribution in [0.4, 0.5) is 0 Å². The van der Waals surface area contributed by atoms with Gasteiger partial charge in [0.25, 0.3) is 0 Å². The van der Waals surface area contributed by atoms with Gasteiger partial charge in [-0.15, -0.1) is 0 Å². The van der Waals surface area contributed by atoms with E-state index < -0.39 is 5.97 Å². The molecule has 1 saturated heterocycles. The summed E-state index contributed by atoms with van der Waals surface area (Å²) in [6.07, 6.45) is 5.52. The lowest BCUT2D eigenvalue weighted by Gasteiger charge is -2.38. The summed E-state index contributed by atoms with van der Waals surface area (Å²) in [4.78, 5) is 18.0. The van der Waals surface area contributed by atoms with E-state index in [1.807, 2.05) is 19.1 Å². The highest BCUT2D eigenvalue weighted by atomic mass is 16.4. The van der Waals surface area contributed by atoms with E-state index in [1.54, 1.807) is 6.20 Å². The molecule has 1 aromatic rings. The van der Waals surface area contributed by atoms with Crippen molar-refractivity contribution >= 4 is 5.97 Å². The number of piperidine rings is 1. The van der Waals surface area contributed by atoms with Gasteiger partial charge < -0.3 is 5.11 Å². The normalized spacial score (nSPS) is 22.1. The topological polar surface area (TPSA) is 53.4 Å². The molecule has 0 amide bonds. The van der Waals surface area contributed by atoms with Crippen LogP contribution >= 0.6 is 0 Å². The summed E-state index contributed by atoms with van der Waals surface area (Å²) in [5, 5.41) is 9.41. The second-order valence-corrected chi connectivity index (χ2v) is 5.22. The number of likely N-dealkylation sites (tertiary alicyclic amines) is 1. The number of aryl methyl sites for hydroxylation is 1. The number of carbonyl (C=O) groups is 1. The summed E-state index contributed by atoms with van der Waals surface area (Å²) in [5.74, 6) is -0.702. The van der Waals surface area contributed by atoms with E-state index in [0.717, 1.165) is 43.5 Å². The van der Waals surface area contributed by atoms with Crippen molar-refractivity contribution in [2.45, 2.75) is 51.6 Å². The third kappa shape index (κ3) is 2.95. The van der Waals surface area contributed by atoms with Crippen molar-refractivity contribution in [3.63, 3.8) is 0 Å². The molecule has 0 bridgehead atoms. The van der Waals surface area contributed by atoms with Crippen LogP contribution in [0.5, 0.6) is 0 Å². The molecule has 2 atom stereocenters. The highest BCUT2D eigenvalue weighted by molar-refractivity contribution is 5.73. The molecule has 1 aliphatic heterocycles. The fourth-order valence-electron chi connectivity index (χ4n) is 3.02. The average Bonchev–Trinajstić information content (AvgIpc) is 2.42. The van der Waals surface area contributed by atoms with E-state index in [9.17, 15) is 9.90 Å². The van der Waals surface area contributed by atoms with Gasteiger partial charge in [0, 0.05) is 6.20 Å². The van der Waals surface area contributed by atoms with E-state index >= 15 is 0 Å². The minimum Gasteiger partial charge on any atom is -0.480 e. The first-order valence-corrected chi connectivity index (χ1v) is 7.05. The average molecular weight is 262 g/mol. The lowest BCUT2D eigenvalue weighted by atomic mass is 9.95. The first kappa shape index (κ1) is 14.0. The molecule has 0 radical (unpaired) electrons. The van der Waals surface area contributed by atoms with Crippen molar-refractivity contribution in [1.82, 2.24) is 9.88 Å². The van der Waals surface area contributed by atoms with Crippen molar-refractivity contribution in [3.05, 3.63) is 29.6 Å². The highest BCUT2D eigenvalue weighted by Crippen LogP contribution is 2.31. The number of hydrogen-bond donors (Lipinski definition) is 1. The van der Waals surface area contributed by atoms with Crippen LogP contribution in [-0.4, -0.2) is 33.5 Å². The van der Waals surface area contributed by atoms with Gasteiger partial charge in [-0.25, -0.2) is 0 Å². The summed E-state index contributed by atoms with van der Waals surface area (Å²) in [5.41, 5.74) is 2.17. The molecule has 0 aliphatic carbocycles. The number of pyridine rings is 1. The Bertz CT molecular complexity index is 448. The van der Waals surface area contributed by atoms with E-state index in [0.29, 0.717) is 0 Å². The third-order valence-electron chi connectivity index (χ3n) is 3.98. The Morgan fingerprint density at radius 3 is 3.00 bits per heavy atom. The standard InChI is InChI=1S/C15H22N2O2/c1-3-12(14-11(2)7-6-9-16-14)17-10-5-4-8-13(17)15(18)19/h6-7,9,12-13H,3-5,8,10H2,1-2H3,(H,18,19). The smallest absolute Gasteiger partial charge is 0.320 e. The minimum atomic E-state index is -0.702. The number of carboxylic acid groups (broad SMARTS) is 1. The Morgan fingerprint density at radius 2 is 2.37 bits per heavy atom. The van der Waals surface area contributed by atoms with Crippen molar-refractivity contribution in [1.29, 1.82) is 0 Å². The molecule has 104 valence electrons. The third-order valence-corrected chi connectivity index (χ3v) is 3.98. The lowest BCUT2D eigenvalue weighted by molar-refractivity contribution is -0.146. The Labute approximate surface area is 114 Å². The van der Waals surface area contributed by atoms with E-state index in [2.05, 4.69) is 16.8 Å². The molecule has 0 aromatic carbocycles. The number of carboxylic acids is 1. The second kappa shape index (κ2) is 6.15. The van der Waals surface area contributed by atoms with Crippen molar-refractivity contribution in [3.8, 4) is 0 Å². The predicted molar refractivity (Wildman–Crippen MR) is 74.0 cm³/mol. The fraction of sp³-hybridized carbons (Fsp3) is 0.600. The zero-order valence-corrected chi connectivity index (χ0v) is 11.7. The van der Waals surface area contributed by atoms with E-state index in [1.165, 1.54) is 0 Å². The first-order chi connectivity index (χ1) is 9.15. The van der Waals surface area contributed by atoms with Crippen LogP contribution in [0.15, 0.2) is 18.3 Å². The van der Waals surface area contributed by atoms with Crippen LogP contribution in [0, 0.1) is 6.92 Å². The van der Waals surface area contributed by atoms with Crippen molar-refractivity contribution in [2.24, 2.45) is 0 Å². The molecule has 0 spiro atoms. The van der Waals surface area contributed by atoms with Gasteiger partial charge in [0.05, 0.1) is 11.7 Å². The zero-order valence-electron chi connectivity index (χ0n) is 11.7. The number of aliphatic carboxylic acids is 1. The largest absolute Gasteiger partial charge is 0.480 e. The van der Waals surface area contributed by atoms with Gasteiger partial charge in [-0.05, 0) is 44.4 Å². The zero-order chi connectivity index (χ0) is 13.8. The predicted octanol–water partition coefficient (Wildman–Crippen LogP) is 2.78. The molecule has 1 aliphatic rings. The first-order valence-electron chi connectivity index (χ1n) is 7.05. The summed E-state index contributed by atoms with van der Waals surface area (Å²) in [6, 6.07) is 3.73. The van der Waals surface area contributed by atoms with Crippen LogP contribution in [0.3, 0.4) is 0 Å². The molecule has 1 fully saturated rings. The number of nitrogens with zero attached hydrogens (tertiary/aromatic N) is 2. The Morgan fingerprint density at radius 1 is 1.58 bits per heavy atom. The molecular formula is C15H22N2O2. The summed E-state index contributed by atoms with van der Waals surface area (Å²) in [6.45, 7) is 5.00. The van der Waals surface area contributed by atoms with E-state index in [4.69, 9.17) is 0 Å². The SMILES string of the molecule is CCC(c1ncccc1C)N1CCCCC1C(=O)O. The molecule has 2 rings (SSSR count). The molecule has 2 unspecified atom stereocenters. The second-order valence-electron chi connectivity index (χ2n) is 5.22. The van der Waals surface area contributed by atoms with Crippen molar-refractivity contribution in [2.75, 3.05) is 6.54 Å². The monoisotopic (exact) mass is 262 g/mol. The lowest BCUT2D eigenvalue weighted by Crippen LogP contribution is -2.46. The Balaban J connectivity index is 2.30. The quantitative estimate of drug-likeness (QED) is 0.906. The maximum atomic E-state index is 11.4. The Kier molecular flexibility index (Phi) is 4.53. The minimum absolute atomic E-state index is 0.114. The van der Waals surface area contributed by atoms with Gasteiger partial charge in [0.1, 0.15) is 6.04 Å². The van der Waals surface area contributed by atoms with Gasteiger partial charge in [-0.3, -0.25) is 14.7 Å². The molecular weight excluding hydrogens is 240 g/mol. The van der Waals surface area contributed by atoms with E-state index in [-0.39, 0.29) is 12.1 Å². The molecule has 4 nitrogen and oxygen atoms in total. The number of aromatic nitrogens is 1. The van der Waals surface area contributed by atoms with Gasteiger partial charge in [-0.1, -0.05) is 19.4 Å². The number of hydrogen-bond acceptors (Lipinski definition) is 3. The molecule has 19 heavy (non-hydrogen) atoms. The summed E-state index contributed by atoms with van der Waals surface area (Å²) < 4.78 is 0. The maximum absolute atomic E-state index is 11.4. The molecule has 4 heteroatoms.